The highest BCUT2D eigenvalue weighted by molar-refractivity contribution is 6.30. The van der Waals surface area contributed by atoms with Gasteiger partial charge in [0, 0.05) is 24.2 Å². The smallest absolute Gasteiger partial charge is 0.257 e. The van der Waals surface area contributed by atoms with Crippen molar-refractivity contribution in [3.8, 4) is 5.75 Å². The van der Waals surface area contributed by atoms with Crippen LogP contribution in [0.3, 0.4) is 0 Å². The van der Waals surface area contributed by atoms with Crippen molar-refractivity contribution < 1.29 is 9.53 Å². The Morgan fingerprint density at radius 2 is 1.96 bits per heavy atom. The first kappa shape index (κ1) is 21.5. The Kier molecular flexibility index (Phi) is 7.96. The molecule has 2 aromatic carbocycles. The molecule has 0 bridgehead atoms. The summed E-state index contributed by atoms with van der Waals surface area (Å²) in [6.07, 6.45) is 2.07. The third-order valence-corrected chi connectivity index (χ3v) is 5.17. The van der Waals surface area contributed by atoms with Gasteiger partial charge in [0.15, 0.2) is 0 Å². The molecule has 1 aliphatic rings. The van der Waals surface area contributed by atoms with Crippen molar-refractivity contribution in [3.63, 3.8) is 0 Å². The van der Waals surface area contributed by atoms with Gasteiger partial charge in [-0.1, -0.05) is 35.9 Å². The maximum Gasteiger partial charge on any atom is 0.257 e. The van der Waals surface area contributed by atoms with Crippen molar-refractivity contribution in [1.82, 2.24) is 4.90 Å². The summed E-state index contributed by atoms with van der Waals surface area (Å²) in [7, 11) is 0. The maximum atomic E-state index is 13.0. The average Bonchev–Trinajstić information content (AvgIpc) is 2.67. The van der Waals surface area contributed by atoms with E-state index in [0.29, 0.717) is 35.4 Å². The Bertz CT molecular complexity index is 750. The van der Waals surface area contributed by atoms with Gasteiger partial charge in [0.25, 0.3) is 5.91 Å². The maximum absolute atomic E-state index is 13.0. The van der Waals surface area contributed by atoms with Crippen LogP contribution in [0.4, 0.5) is 0 Å². The Morgan fingerprint density at radius 1 is 1.26 bits per heavy atom. The number of carbonyl (C=O) groups excluding carboxylic acids is 1. The number of likely N-dealkylation sites (tertiary alicyclic amines) is 1. The minimum Gasteiger partial charge on any atom is -0.488 e. The molecular weight excluding hydrogens is 383 g/mol. The number of hydrogen-bond acceptors (Lipinski definition) is 3. The van der Waals surface area contributed by atoms with E-state index in [0.717, 1.165) is 24.9 Å². The summed E-state index contributed by atoms with van der Waals surface area (Å²) in [5, 5.41) is 0.693. The summed E-state index contributed by atoms with van der Waals surface area (Å²) < 4.78 is 5.93. The Labute approximate surface area is 172 Å². The number of para-hydroxylation sites is 1. The van der Waals surface area contributed by atoms with Gasteiger partial charge in [-0.05, 0) is 55.5 Å². The highest BCUT2D eigenvalue weighted by Gasteiger charge is 2.27. The van der Waals surface area contributed by atoms with Crippen molar-refractivity contribution in [2.75, 3.05) is 13.1 Å². The standard InChI is InChI=1S/C21H25ClN2O2.ClH/c1-15(23)17-5-4-12-24(13-17)21(25)19-6-2-3-7-20(19)26-14-16-8-10-18(22)11-9-16;/h2-3,6-11,15,17H,4-5,12-14,23H2,1H3;1H. The van der Waals surface area contributed by atoms with Gasteiger partial charge in [0.2, 0.25) is 0 Å². The molecule has 1 amide bonds. The van der Waals surface area contributed by atoms with E-state index in [1.807, 2.05) is 60.4 Å². The molecule has 2 unspecified atom stereocenters. The third-order valence-electron chi connectivity index (χ3n) is 4.91. The summed E-state index contributed by atoms with van der Waals surface area (Å²) in [5.41, 5.74) is 7.66. The van der Waals surface area contributed by atoms with Crippen LogP contribution in [0.25, 0.3) is 0 Å². The number of halogens is 2. The van der Waals surface area contributed by atoms with Crippen LogP contribution in [0, 0.1) is 5.92 Å². The molecular formula is C21H26Cl2N2O2. The lowest BCUT2D eigenvalue weighted by molar-refractivity contribution is 0.0656. The number of benzene rings is 2. The lowest BCUT2D eigenvalue weighted by atomic mass is 9.92. The van der Waals surface area contributed by atoms with Crippen LogP contribution in [0.2, 0.25) is 5.02 Å². The normalized spacial score (nSPS) is 17.7. The Balaban J connectivity index is 0.00000261. The fourth-order valence-corrected chi connectivity index (χ4v) is 3.43. The van der Waals surface area contributed by atoms with E-state index in [2.05, 4.69) is 0 Å². The van der Waals surface area contributed by atoms with Crippen molar-refractivity contribution in [3.05, 3.63) is 64.7 Å². The minimum atomic E-state index is 0. The van der Waals surface area contributed by atoms with Gasteiger partial charge in [0.1, 0.15) is 12.4 Å². The first-order valence-electron chi connectivity index (χ1n) is 9.05. The number of rotatable bonds is 5. The van der Waals surface area contributed by atoms with Gasteiger partial charge in [-0.3, -0.25) is 4.79 Å². The average molecular weight is 409 g/mol. The molecule has 0 aliphatic carbocycles. The molecule has 3 rings (SSSR count). The molecule has 4 nitrogen and oxygen atoms in total. The third kappa shape index (κ3) is 5.61. The number of nitrogens with zero attached hydrogens (tertiary/aromatic N) is 1. The largest absolute Gasteiger partial charge is 0.488 e. The van der Waals surface area contributed by atoms with Crippen molar-refractivity contribution in [2.45, 2.75) is 32.4 Å². The Hall–Kier alpha value is -1.75. The second-order valence-corrected chi connectivity index (χ2v) is 7.36. The van der Waals surface area contributed by atoms with Gasteiger partial charge in [-0.25, -0.2) is 0 Å². The molecule has 27 heavy (non-hydrogen) atoms. The zero-order valence-corrected chi connectivity index (χ0v) is 17.0. The van der Waals surface area contributed by atoms with Gasteiger partial charge in [0.05, 0.1) is 5.56 Å². The van der Waals surface area contributed by atoms with E-state index in [4.69, 9.17) is 22.1 Å². The van der Waals surface area contributed by atoms with Crippen molar-refractivity contribution in [1.29, 1.82) is 0 Å². The minimum absolute atomic E-state index is 0. The van der Waals surface area contributed by atoms with Gasteiger partial charge < -0.3 is 15.4 Å². The summed E-state index contributed by atoms with van der Waals surface area (Å²) >= 11 is 5.92. The molecule has 0 saturated carbocycles. The van der Waals surface area contributed by atoms with Crippen LogP contribution in [0.1, 0.15) is 35.7 Å². The number of ether oxygens (including phenoxy) is 1. The highest BCUT2D eigenvalue weighted by atomic mass is 35.5. The van der Waals surface area contributed by atoms with E-state index in [9.17, 15) is 4.79 Å². The quantitative estimate of drug-likeness (QED) is 0.789. The first-order valence-corrected chi connectivity index (χ1v) is 9.43. The molecule has 1 saturated heterocycles. The SMILES string of the molecule is CC(N)C1CCCN(C(=O)c2ccccc2OCc2ccc(Cl)cc2)C1.Cl. The van der Waals surface area contributed by atoms with E-state index >= 15 is 0 Å². The molecule has 2 N–H and O–H groups in total. The van der Waals surface area contributed by atoms with E-state index in [-0.39, 0.29) is 24.4 Å². The number of amides is 1. The lowest BCUT2D eigenvalue weighted by Gasteiger charge is -2.35. The summed E-state index contributed by atoms with van der Waals surface area (Å²) in [5.74, 6) is 0.979. The number of carbonyl (C=O) groups is 1. The molecule has 146 valence electrons. The molecule has 0 aromatic heterocycles. The molecule has 1 heterocycles. The summed E-state index contributed by atoms with van der Waals surface area (Å²) in [4.78, 5) is 14.9. The van der Waals surface area contributed by atoms with Crippen LogP contribution in [0.15, 0.2) is 48.5 Å². The number of piperidine rings is 1. The zero-order valence-electron chi connectivity index (χ0n) is 15.4. The van der Waals surface area contributed by atoms with Gasteiger partial charge in [-0.15, -0.1) is 12.4 Å². The second-order valence-electron chi connectivity index (χ2n) is 6.92. The van der Waals surface area contributed by atoms with Gasteiger partial charge in [-0.2, -0.15) is 0 Å². The van der Waals surface area contributed by atoms with Crippen LogP contribution in [-0.2, 0) is 6.61 Å². The van der Waals surface area contributed by atoms with Gasteiger partial charge >= 0.3 is 0 Å². The van der Waals surface area contributed by atoms with Crippen LogP contribution >= 0.6 is 24.0 Å². The highest BCUT2D eigenvalue weighted by Crippen LogP contribution is 2.25. The molecule has 6 heteroatoms. The monoisotopic (exact) mass is 408 g/mol. The van der Waals surface area contributed by atoms with Crippen molar-refractivity contribution >= 4 is 29.9 Å². The fraction of sp³-hybridized carbons (Fsp3) is 0.381. The fourth-order valence-electron chi connectivity index (χ4n) is 3.30. The van der Waals surface area contributed by atoms with Crippen molar-refractivity contribution in [2.24, 2.45) is 11.7 Å². The summed E-state index contributed by atoms with van der Waals surface area (Å²) in [6, 6.07) is 15.0. The Morgan fingerprint density at radius 3 is 2.67 bits per heavy atom. The second kappa shape index (κ2) is 9.98. The van der Waals surface area contributed by atoms with Crippen LogP contribution in [0.5, 0.6) is 5.75 Å². The zero-order chi connectivity index (χ0) is 18.5. The van der Waals surface area contributed by atoms with Crippen LogP contribution < -0.4 is 10.5 Å². The molecule has 1 fully saturated rings. The predicted molar refractivity (Wildman–Crippen MR) is 112 cm³/mol. The lowest BCUT2D eigenvalue weighted by Crippen LogP contribution is -2.45. The molecule has 0 spiro atoms. The molecule has 2 aromatic rings. The van der Waals surface area contributed by atoms with E-state index < -0.39 is 0 Å². The molecule has 1 aliphatic heterocycles. The number of hydrogen-bond donors (Lipinski definition) is 1. The van der Waals surface area contributed by atoms with E-state index in [1.54, 1.807) is 0 Å². The summed E-state index contributed by atoms with van der Waals surface area (Å²) in [6.45, 7) is 3.89. The van der Waals surface area contributed by atoms with E-state index in [1.165, 1.54) is 0 Å². The molecule has 0 radical (unpaired) electrons. The predicted octanol–water partition coefficient (Wildman–Crippen LogP) is 4.54. The first-order chi connectivity index (χ1) is 12.5. The topological polar surface area (TPSA) is 55.6 Å². The molecule has 2 atom stereocenters. The van der Waals surface area contributed by atoms with Crippen LogP contribution in [-0.4, -0.2) is 29.9 Å². The number of nitrogens with two attached hydrogens (primary N) is 1.